The molecule has 100 valence electrons. The average Bonchev–Trinajstić information content (AvgIpc) is 2.78. The maximum atomic E-state index is 12.0. The Kier molecular flexibility index (Phi) is 4.70. The SMILES string of the molecule is CC(NC(=O)C(NC(N)=O)C(C)C)c1ncc[nH]1. The summed E-state index contributed by atoms with van der Waals surface area (Å²) in [4.78, 5) is 29.8. The summed E-state index contributed by atoms with van der Waals surface area (Å²) in [7, 11) is 0. The largest absolute Gasteiger partial charge is 0.352 e. The number of imidazole rings is 1. The van der Waals surface area contributed by atoms with Gasteiger partial charge in [-0.15, -0.1) is 0 Å². The number of H-pyrrole nitrogens is 1. The third-order valence-electron chi connectivity index (χ3n) is 2.54. The van der Waals surface area contributed by atoms with Gasteiger partial charge in [0.05, 0.1) is 6.04 Å². The van der Waals surface area contributed by atoms with Crippen LogP contribution in [0.1, 0.15) is 32.6 Å². The van der Waals surface area contributed by atoms with Gasteiger partial charge in [0, 0.05) is 12.4 Å². The number of carbonyl (C=O) groups is 2. The summed E-state index contributed by atoms with van der Waals surface area (Å²) in [6.45, 7) is 5.47. The molecule has 2 atom stereocenters. The number of nitrogens with two attached hydrogens (primary N) is 1. The van der Waals surface area contributed by atoms with Crippen LogP contribution in [-0.2, 0) is 4.79 Å². The zero-order valence-corrected chi connectivity index (χ0v) is 10.7. The number of hydrogen-bond acceptors (Lipinski definition) is 3. The van der Waals surface area contributed by atoms with E-state index >= 15 is 0 Å². The molecule has 0 bridgehead atoms. The Balaban J connectivity index is 2.64. The van der Waals surface area contributed by atoms with Crippen molar-refractivity contribution in [3.05, 3.63) is 18.2 Å². The molecule has 7 nitrogen and oxygen atoms in total. The molecular formula is C11H19N5O2. The Morgan fingerprint density at radius 1 is 1.33 bits per heavy atom. The first-order valence-corrected chi connectivity index (χ1v) is 5.77. The van der Waals surface area contributed by atoms with E-state index in [0.29, 0.717) is 5.82 Å². The minimum Gasteiger partial charge on any atom is -0.352 e. The third kappa shape index (κ3) is 3.76. The molecule has 0 aliphatic heterocycles. The lowest BCUT2D eigenvalue weighted by molar-refractivity contribution is -0.124. The van der Waals surface area contributed by atoms with E-state index in [0.717, 1.165) is 0 Å². The molecule has 0 radical (unpaired) electrons. The predicted octanol–water partition coefficient (Wildman–Crippen LogP) is 0.280. The molecule has 7 heteroatoms. The van der Waals surface area contributed by atoms with E-state index in [2.05, 4.69) is 20.6 Å². The first kappa shape index (κ1) is 14.0. The van der Waals surface area contributed by atoms with Crippen molar-refractivity contribution < 1.29 is 9.59 Å². The molecule has 1 rings (SSSR count). The summed E-state index contributed by atoms with van der Waals surface area (Å²) in [5.41, 5.74) is 5.05. The lowest BCUT2D eigenvalue weighted by atomic mass is 10.0. The normalized spacial score (nSPS) is 14.0. The van der Waals surface area contributed by atoms with Crippen molar-refractivity contribution in [3.63, 3.8) is 0 Å². The van der Waals surface area contributed by atoms with Crippen LogP contribution in [0.4, 0.5) is 4.79 Å². The standard InChI is InChI=1S/C11H19N5O2/c1-6(2)8(16-11(12)18)10(17)15-7(3)9-13-4-5-14-9/h4-8H,1-3H3,(H,13,14)(H,15,17)(H3,12,16,18). The van der Waals surface area contributed by atoms with Gasteiger partial charge in [-0.2, -0.15) is 0 Å². The number of carbonyl (C=O) groups excluding carboxylic acids is 2. The molecular weight excluding hydrogens is 234 g/mol. The molecule has 1 aromatic rings. The average molecular weight is 253 g/mol. The van der Waals surface area contributed by atoms with Crippen LogP contribution in [0.15, 0.2) is 12.4 Å². The van der Waals surface area contributed by atoms with Crippen LogP contribution in [-0.4, -0.2) is 27.9 Å². The predicted molar refractivity (Wildman–Crippen MR) is 66.5 cm³/mol. The number of nitrogens with one attached hydrogen (secondary N) is 3. The smallest absolute Gasteiger partial charge is 0.312 e. The van der Waals surface area contributed by atoms with Crippen molar-refractivity contribution in [2.45, 2.75) is 32.9 Å². The molecule has 0 fully saturated rings. The molecule has 0 aliphatic rings. The number of aromatic amines is 1. The Bertz CT molecular complexity index is 402. The highest BCUT2D eigenvalue weighted by Gasteiger charge is 2.25. The second-order valence-corrected chi connectivity index (χ2v) is 4.43. The van der Waals surface area contributed by atoms with Crippen LogP contribution in [0.5, 0.6) is 0 Å². The molecule has 1 heterocycles. The van der Waals surface area contributed by atoms with E-state index in [1.165, 1.54) is 0 Å². The highest BCUT2D eigenvalue weighted by atomic mass is 16.2. The van der Waals surface area contributed by atoms with Gasteiger partial charge in [0.15, 0.2) is 0 Å². The van der Waals surface area contributed by atoms with Crippen molar-refractivity contribution >= 4 is 11.9 Å². The van der Waals surface area contributed by atoms with Gasteiger partial charge in [-0.25, -0.2) is 9.78 Å². The van der Waals surface area contributed by atoms with Crippen LogP contribution in [0.2, 0.25) is 0 Å². The van der Waals surface area contributed by atoms with Crippen molar-refractivity contribution in [2.75, 3.05) is 0 Å². The molecule has 0 aliphatic carbocycles. The van der Waals surface area contributed by atoms with Crippen LogP contribution >= 0.6 is 0 Å². The zero-order valence-electron chi connectivity index (χ0n) is 10.7. The van der Waals surface area contributed by atoms with Crippen LogP contribution in [0.25, 0.3) is 0 Å². The fourth-order valence-electron chi connectivity index (χ4n) is 1.57. The fraction of sp³-hybridized carbons (Fsp3) is 0.545. The summed E-state index contributed by atoms with van der Waals surface area (Å²) >= 11 is 0. The molecule has 0 saturated heterocycles. The molecule has 18 heavy (non-hydrogen) atoms. The van der Waals surface area contributed by atoms with Gasteiger partial charge in [-0.1, -0.05) is 13.8 Å². The molecule has 0 spiro atoms. The molecule has 1 aromatic heterocycles. The Hall–Kier alpha value is -2.05. The van der Waals surface area contributed by atoms with Crippen molar-refractivity contribution in [3.8, 4) is 0 Å². The van der Waals surface area contributed by atoms with Gasteiger partial charge < -0.3 is 21.4 Å². The van der Waals surface area contributed by atoms with Gasteiger partial charge in [-0.3, -0.25) is 4.79 Å². The minimum absolute atomic E-state index is 0.0544. The van der Waals surface area contributed by atoms with Crippen LogP contribution < -0.4 is 16.4 Å². The highest BCUT2D eigenvalue weighted by Crippen LogP contribution is 2.08. The van der Waals surface area contributed by atoms with Crippen LogP contribution in [0.3, 0.4) is 0 Å². The van der Waals surface area contributed by atoms with Gasteiger partial charge in [-0.05, 0) is 12.8 Å². The highest BCUT2D eigenvalue weighted by molar-refractivity contribution is 5.86. The lowest BCUT2D eigenvalue weighted by Crippen LogP contribution is -2.51. The van der Waals surface area contributed by atoms with Crippen molar-refractivity contribution in [1.29, 1.82) is 0 Å². The number of urea groups is 1. The van der Waals surface area contributed by atoms with Gasteiger partial charge >= 0.3 is 6.03 Å². The Morgan fingerprint density at radius 3 is 2.44 bits per heavy atom. The second-order valence-electron chi connectivity index (χ2n) is 4.43. The quantitative estimate of drug-likeness (QED) is 0.604. The summed E-state index contributed by atoms with van der Waals surface area (Å²) in [6.07, 6.45) is 3.29. The number of amides is 3. The fourth-order valence-corrected chi connectivity index (χ4v) is 1.57. The monoisotopic (exact) mass is 253 g/mol. The van der Waals surface area contributed by atoms with Crippen molar-refractivity contribution in [1.82, 2.24) is 20.6 Å². The number of hydrogen-bond donors (Lipinski definition) is 4. The van der Waals surface area contributed by atoms with E-state index in [9.17, 15) is 9.59 Å². The summed E-state index contributed by atoms with van der Waals surface area (Å²) < 4.78 is 0. The molecule has 5 N–H and O–H groups in total. The second kappa shape index (κ2) is 6.04. The van der Waals surface area contributed by atoms with E-state index in [4.69, 9.17) is 5.73 Å². The van der Waals surface area contributed by atoms with E-state index in [1.54, 1.807) is 19.3 Å². The molecule has 0 saturated carbocycles. The first-order valence-electron chi connectivity index (χ1n) is 5.77. The number of rotatable bonds is 5. The van der Waals surface area contributed by atoms with Crippen LogP contribution in [0, 0.1) is 5.92 Å². The maximum absolute atomic E-state index is 12.0. The summed E-state index contributed by atoms with van der Waals surface area (Å²) in [5.74, 6) is 0.318. The molecule has 2 unspecified atom stereocenters. The number of nitrogens with zero attached hydrogens (tertiary/aromatic N) is 1. The van der Waals surface area contributed by atoms with Crippen molar-refractivity contribution in [2.24, 2.45) is 11.7 Å². The molecule has 0 aromatic carbocycles. The third-order valence-corrected chi connectivity index (χ3v) is 2.54. The Morgan fingerprint density at radius 2 is 2.00 bits per heavy atom. The molecule has 3 amide bonds. The van der Waals surface area contributed by atoms with E-state index in [-0.39, 0.29) is 17.9 Å². The van der Waals surface area contributed by atoms with Gasteiger partial charge in [0.1, 0.15) is 11.9 Å². The first-order chi connectivity index (χ1) is 8.41. The van der Waals surface area contributed by atoms with Gasteiger partial charge in [0.25, 0.3) is 0 Å². The summed E-state index contributed by atoms with van der Waals surface area (Å²) in [6, 6.07) is -1.63. The Labute approximate surface area is 106 Å². The zero-order chi connectivity index (χ0) is 13.7. The van der Waals surface area contributed by atoms with E-state index < -0.39 is 12.1 Å². The minimum atomic E-state index is -0.713. The maximum Gasteiger partial charge on any atom is 0.312 e. The van der Waals surface area contributed by atoms with Gasteiger partial charge in [0.2, 0.25) is 5.91 Å². The van der Waals surface area contributed by atoms with E-state index in [1.807, 2.05) is 13.8 Å². The topological polar surface area (TPSA) is 113 Å². The lowest BCUT2D eigenvalue weighted by Gasteiger charge is -2.22. The number of aromatic nitrogens is 2. The number of primary amides is 1. The summed E-state index contributed by atoms with van der Waals surface area (Å²) in [5, 5.41) is 5.19.